The fourth-order valence-electron chi connectivity index (χ4n) is 2.95. The summed E-state index contributed by atoms with van der Waals surface area (Å²) in [7, 11) is 0. The maximum absolute atomic E-state index is 8.12. The quantitative estimate of drug-likeness (QED) is 0.802. The zero-order valence-corrected chi connectivity index (χ0v) is 14.0. The van der Waals surface area contributed by atoms with E-state index < -0.39 is 0 Å². The molecule has 1 aliphatic carbocycles. The molecule has 0 aliphatic heterocycles. The molecule has 3 nitrogen and oxygen atoms in total. The Morgan fingerprint density at radius 2 is 1.62 bits per heavy atom. The lowest BCUT2D eigenvalue weighted by Crippen LogP contribution is -2.01. The lowest BCUT2D eigenvalue weighted by Gasteiger charge is -2.10. The molecule has 0 fully saturated rings. The SMILES string of the molecule is CCc1ccc(OCC2=C(c3ccccc3)CCC2)cc1.O=C=O. The number of hydrogen-bond acceptors (Lipinski definition) is 3. The van der Waals surface area contributed by atoms with Crippen LogP contribution in [0.1, 0.15) is 37.3 Å². The molecule has 0 bridgehead atoms. The Balaban J connectivity index is 0.000000647. The molecule has 2 aromatic carbocycles. The molecular formula is C21H22O3. The molecule has 0 heterocycles. The Bertz CT molecular complexity index is 694. The summed E-state index contributed by atoms with van der Waals surface area (Å²) in [5, 5.41) is 0. The second kappa shape index (κ2) is 9.49. The zero-order chi connectivity index (χ0) is 17.2. The first-order valence-electron chi connectivity index (χ1n) is 8.25. The van der Waals surface area contributed by atoms with Crippen LogP contribution in [0.15, 0.2) is 60.2 Å². The maximum Gasteiger partial charge on any atom is 0.373 e. The third-order valence-corrected chi connectivity index (χ3v) is 4.20. The molecule has 24 heavy (non-hydrogen) atoms. The number of ether oxygens (including phenoxy) is 1. The van der Waals surface area contributed by atoms with Gasteiger partial charge in [-0.15, -0.1) is 0 Å². The molecule has 0 unspecified atom stereocenters. The van der Waals surface area contributed by atoms with Crippen molar-refractivity contribution in [3.63, 3.8) is 0 Å². The predicted octanol–water partition coefficient (Wildman–Crippen LogP) is 4.68. The van der Waals surface area contributed by atoms with E-state index in [-0.39, 0.29) is 6.15 Å². The second-order valence-corrected chi connectivity index (χ2v) is 5.67. The van der Waals surface area contributed by atoms with E-state index in [0.717, 1.165) is 25.2 Å². The van der Waals surface area contributed by atoms with E-state index >= 15 is 0 Å². The summed E-state index contributed by atoms with van der Waals surface area (Å²) in [5.41, 5.74) is 5.66. The van der Waals surface area contributed by atoms with E-state index in [2.05, 4.69) is 61.5 Å². The average Bonchev–Trinajstić information content (AvgIpc) is 3.10. The Hall–Kier alpha value is -2.64. The summed E-state index contributed by atoms with van der Waals surface area (Å²) in [6.45, 7) is 2.89. The van der Waals surface area contributed by atoms with Gasteiger partial charge in [-0.3, -0.25) is 0 Å². The molecule has 0 radical (unpaired) electrons. The van der Waals surface area contributed by atoms with Crippen molar-refractivity contribution in [3.05, 3.63) is 71.3 Å². The van der Waals surface area contributed by atoms with Gasteiger partial charge in [0.05, 0.1) is 0 Å². The highest BCUT2D eigenvalue weighted by Gasteiger charge is 2.16. The van der Waals surface area contributed by atoms with Gasteiger partial charge in [0, 0.05) is 0 Å². The van der Waals surface area contributed by atoms with Crippen molar-refractivity contribution in [1.29, 1.82) is 0 Å². The number of benzene rings is 2. The van der Waals surface area contributed by atoms with Gasteiger partial charge in [-0.05, 0) is 60.1 Å². The predicted molar refractivity (Wildman–Crippen MR) is 93.5 cm³/mol. The summed E-state index contributed by atoms with van der Waals surface area (Å²) < 4.78 is 5.98. The van der Waals surface area contributed by atoms with Gasteiger partial charge in [0.2, 0.25) is 0 Å². The number of rotatable bonds is 5. The van der Waals surface area contributed by atoms with Crippen molar-refractivity contribution >= 4 is 11.7 Å². The van der Waals surface area contributed by atoms with Crippen molar-refractivity contribution in [1.82, 2.24) is 0 Å². The minimum atomic E-state index is 0.250. The minimum Gasteiger partial charge on any atom is -0.489 e. The van der Waals surface area contributed by atoms with Crippen molar-refractivity contribution in [2.24, 2.45) is 0 Å². The van der Waals surface area contributed by atoms with Crippen LogP contribution in [0.3, 0.4) is 0 Å². The Labute approximate surface area is 143 Å². The summed E-state index contributed by atoms with van der Waals surface area (Å²) in [6, 6.07) is 19.2. The molecule has 124 valence electrons. The summed E-state index contributed by atoms with van der Waals surface area (Å²) in [5.74, 6) is 0.971. The fourth-order valence-corrected chi connectivity index (χ4v) is 2.95. The first-order chi connectivity index (χ1) is 11.8. The summed E-state index contributed by atoms with van der Waals surface area (Å²) >= 11 is 0. The molecule has 0 aromatic heterocycles. The molecule has 3 heteroatoms. The molecule has 3 rings (SSSR count). The highest BCUT2D eigenvalue weighted by molar-refractivity contribution is 5.70. The van der Waals surface area contributed by atoms with Gasteiger partial charge >= 0.3 is 6.15 Å². The van der Waals surface area contributed by atoms with Crippen LogP contribution in [0.2, 0.25) is 0 Å². The Kier molecular flexibility index (Phi) is 7.00. The molecule has 0 saturated carbocycles. The maximum atomic E-state index is 8.12. The number of hydrogen-bond donors (Lipinski definition) is 0. The normalized spacial score (nSPS) is 13.0. The van der Waals surface area contributed by atoms with Gasteiger partial charge < -0.3 is 4.74 Å². The third-order valence-electron chi connectivity index (χ3n) is 4.20. The van der Waals surface area contributed by atoms with E-state index in [1.807, 2.05) is 0 Å². The van der Waals surface area contributed by atoms with Gasteiger partial charge in [0.15, 0.2) is 0 Å². The monoisotopic (exact) mass is 322 g/mol. The van der Waals surface area contributed by atoms with E-state index in [9.17, 15) is 0 Å². The third kappa shape index (κ3) is 4.94. The molecule has 0 spiro atoms. The highest BCUT2D eigenvalue weighted by atomic mass is 16.5. The number of allylic oxidation sites excluding steroid dienone is 1. The Morgan fingerprint density at radius 3 is 2.25 bits per heavy atom. The number of aryl methyl sites for hydroxylation is 1. The van der Waals surface area contributed by atoms with Gasteiger partial charge in [0.1, 0.15) is 12.4 Å². The Morgan fingerprint density at radius 1 is 0.958 bits per heavy atom. The molecule has 2 aromatic rings. The van der Waals surface area contributed by atoms with Crippen LogP contribution in [0.25, 0.3) is 5.57 Å². The van der Waals surface area contributed by atoms with Gasteiger partial charge in [-0.25, -0.2) is 0 Å². The first-order valence-corrected chi connectivity index (χ1v) is 8.25. The molecule has 0 amide bonds. The molecular weight excluding hydrogens is 300 g/mol. The zero-order valence-electron chi connectivity index (χ0n) is 14.0. The van der Waals surface area contributed by atoms with Crippen molar-refractivity contribution < 1.29 is 14.3 Å². The van der Waals surface area contributed by atoms with Crippen LogP contribution >= 0.6 is 0 Å². The second-order valence-electron chi connectivity index (χ2n) is 5.67. The van der Waals surface area contributed by atoms with Crippen molar-refractivity contribution in [2.45, 2.75) is 32.6 Å². The van der Waals surface area contributed by atoms with E-state index in [1.54, 1.807) is 0 Å². The van der Waals surface area contributed by atoms with Crippen LogP contribution in [0.4, 0.5) is 0 Å². The van der Waals surface area contributed by atoms with Crippen LogP contribution in [-0.2, 0) is 16.0 Å². The van der Waals surface area contributed by atoms with Crippen LogP contribution < -0.4 is 4.74 Å². The van der Waals surface area contributed by atoms with Crippen molar-refractivity contribution in [2.75, 3.05) is 6.61 Å². The molecule has 0 atom stereocenters. The lowest BCUT2D eigenvalue weighted by molar-refractivity contribution is -0.191. The van der Waals surface area contributed by atoms with Gasteiger partial charge in [-0.1, -0.05) is 49.4 Å². The standard InChI is InChI=1S/C20H22O.CO2/c1-2-16-11-13-19(14-12-16)21-15-18-9-6-10-20(18)17-7-4-3-5-8-17;2-1-3/h3-5,7-8,11-14H,2,6,9-10,15H2,1H3;. The molecule has 0 N–H and O–H groups in total. The lowest BCUT2D eigenvalue weighted by atomic mass is 10.0. The van der Waals surface area contributed by atoms with Crippen LogP contribution in [-0.4, -0.2) is 12.8 Å². The van der Waals surface area contributed by atoms with Gasteiger partial charge in [0.25, 0.3) is 0 Å². The van der Waals surface area contributed by atoms with E-state index in [1.165, 1.54) is 35.1 Å². The largest absolute Gasteiger partial charge is 0.489 e. The van der Waals surface area contributed by atoms with E-state index in [4.69, 9.17) is 14.3 Å². The minimum absolute atomic E-state index is 0.250. The van der Waals surface area contributed by atoms with Gasteiger partial charge in [-0.2, -0.15) is 9.59 Å². The van der Waals surface area contributed by atoms with Crippen LogP contribution in [0, 0.1) is 0 Å². The van der Waals surface area contributed by atoms with E-state index in [0.29, 0.717) is 0 Å². The average molecular weight is 322 g/mol. The highest BCUT2D eigenvalue weighted by Crippen LogP contribution is 2.34. The topological polar surface area (TPSA) is 43.4 Å². The smallest absolute Gasteiger partial charge is 0.373 e. The summed E-state index contributed by atoms with van der Waals surface area (Å²) in [4.78, 5) is 16.2. The molecule has 0 saturated heterocycles. The fraction of sp³-hybridized carbons (Fsp3) is 0.286. The first kappa shape index (κ1) is 17.7. The number of carbonyl (C=O) groups excluding carboxylic acids is 2. The summed E-state index contributed by atoms with van der Waals surface area (Å²) in [6.07, 6.45) is 4.91. The van der Waals surface area contributed by atoms with Crippen molar-refractivity contribution in [3.8, 4) is 5.75 Å². The molecule has 1 aliphatic rings. The van der Waals surface area contributed by atoms with Crippen LogP contribution in [0.5, 0.6) is 5.75 Å².